The minimum Gasteiger partial charge on any atom is -0.336 e. The summed E-state index contributed by atoms with van der Waals surface area (Å²) in [6.45, 7) is 10.1. The number of aliphatic imine (C=N–C) groups is 1. The molecule has 1 heterocycles. The van der Waals surface area contributed by atoms with Crippen LogP contribution in [0, 0.1) is 0 Å². The highest BCUT2D eigenvalue weighted by molar-refractivity contribution is 5.98. The fraction of sp³-hybridized carbons (Fsp3) is 0.500. The number of para-hydroxylation sites is 1. The number of carbonyl (C=O) groups is 1. The van der Waals surface area contributed by atoms with Crippen LogP contribution in [0.15, 0.2) is 29.3 Å². The number of hydrogen-bond acceptors (Lipinski definition) is 3. The average Bonchev–Trinajstić information content (AvgIpc) is 2.89. The maximum atomic E-state index is 11.9. The van der Waals surface area contributed by atoms with E-state index in [1.54, 1.807) is 11.6 Å². The predicted octanol–water partition coefficient (Wildman–Crippen LogP) is 2.69. The molecule has 0 unspecified atom stereocenters. The fourth-order valence-corrected chi connectivity index (χ4v) is 2.48. The van der Waals surface area contributed by atoms with Gasteiger partial charge >= 0.3 is 0 Å². The maximum absolute atomic E-state index is 11.9. The molecule has 118 valence electrons. The summed E-state index contributed by atoms with van der Waals surface area (Å²) >= 11 is 0. The topological polar surface area (TPSA) is 63.4 Å². The molecule has 0 N–H and O–H groups in total. The number of carbonyl (C=O) groups excluding carboxylic acids is 1. The molecule has 0 aliphatic rings. The summed E-state index contributed by atoms with van der Waals surface area (Å²) in [4.78, 5) is 18.3. The molecule has 1 aromatic carbocycles. The van der Waals surface area contributed by atoms with E-state index in [1.165, 1.54) is 0 Å². The molecule has 1 aromatic heterocycles. The average molecular weight is 301 g/mol. The Morgan fingerprint density at radius 3 is 2.45 bits per heavy atom. The van der Waals surface area contributed by atoms with Gasteiger partial charge < -0.3 is 4.90 Å². The van der Waals surface area contributed by atoms with Gasteiger partial charge in [-0.2, -0.15) is 9.67 Å². The summed E-state index contributed by atoms with van der Waals surface area (Å²) in [6.07, 6.45) is 0.361. The number of fused-ring (bicyclic) bond motifs is 1. The van der Waals surface area contributed by atoms with Crippen molar-refractivity contribution >= 4 is 22.9 Å². The third-order valence-electron chi connectivity index (χ3n) is 3.41. The Morgan fingerprint density at radius 2 is 1.86 bits per heavy atom. The van der Waals surface area contributed by atoms with Crippen molar-refractivity contribution in [3.05, 3.63) is 24.3 Å². The molecule has 6 heteroatoms. The molecule has 22 heavy (non-hydrogen) atoms. The Balaban J connectivity index is 2.63. The van der Waals surface area contributed by atoms with Crippen molar-refractivity contribution in [2.75, 3.05) is 0 Å². The van der Waals surface area contributed by atoms with Crippen LogP contribution in [0.1, 0.15) is 41.0 Å². The summed E-state index contributed by atoms with van der Waals surface area (Å²) in [7, 11) is 0. The van der Waals surface area contributed by atoms with E-state index in [0.29, 0.717) is 12.4 Å². The summed E-state index contributed by atoms with van der Waals surface area (Å²) in [5.74, 6) is 0.367. The van der Waals surface area contributed by atoms with Crippen molar-refractivity contribution in [1.29, 1.82) is 0 Å². The van der Waals surface area contributed by atoms with E-state index in [1.807, 2.05) is 24.3 Å². The molecular formula is C16H23N5O. The van der Waals surface area contributed by atoms with Gasteiger partial charge in [-0.1, -0.05) is 24.3 Å². The van der Waals surface area contributed by atoms with Gasteiger partial charge in [-0.05, 0) is 39.8 Å². The molecule has 0 aliphatic heterocycles. The second-order valence-corrected chi connectivity index (χ2v) is 5.74. The lowest BCUT2D eigenvalue weighted by Crippen LogP contribution is -2.46. The number of nitrogens with zero attached hydrogens (tertiary/aromatic N) is 5. The van der Waals surface area contributed by atoms with Gasteiger partial charge in [0.05, 0.1) is 5.52 Å². The Bertz CT molecular complexity index is 679. The first-order chi connectivity index (χ1) is 10.5. The van der Waals surface area contributed by atoms with Crippen molar-refractivity contribution in [3.63, 3.8) is 0 Å². The first kappa shape index (κ1) is 16.1. The molecule has 0 radical (unpaired) electrons. The zero-order valence-corrected chi connectivity index (χ0v) is 13.8. The Morgan fingerprint density at radius 1 is 1.23 bits per heavy atom. The number of benzene rings is 1. The first-order valence-corrected chi connectivity index (χ1v) is 7.66. The fourth-order valence-electron chi connectivity index (χ4n) is 2.48. The third kappa shape index (κ3) is 3.16. The Kier molecular flexibility index (Phi) is 4.90. The molecule has 0 fully saturated rings. The van der Waals surface area contributed by atoms with Crippen LogP contribution in [0.5, 0.6) is 0 Å². The van der Waals surface area contributed by atoms with Crippen LogP contribution in [-0.4, -0.2) is 43.8 Å². The normalized spacial score (nSPS) is 12.4. The quantitative estimate of drug-likeness (QED) is 0.646. The molecular weight excluding hydrogens is 278 g/mol. The van der Waals surface area contributed by atoms with E-state index in [4.69, 9.17) is 0 Å². The Labute approximate surface area is 130 Å². The number of rotatable bonds is 3. The second-order valence-electron chi connectivity index (χ2n) is 5.74. The molecule has 0 spiro atoms. The number of aromatic nitrogens is 3. The van der Waals surface area contributed by atoms with Crippen LogP contribution < -0.4 is 0 Å². The van der Waals surface area contributed by atoms with Gasteiger partial charge in [0.25, 0.3) is 0 Å². The monoisotopic (exact) mass is 301 g/mol. The lowest BCUT2D eigenvalue weighted by Gasteiger charge is -2.33. The maximum Gasteiger partial charge on any atom is 0.248 e. The van der Waals surface area contributed by atoms with Crippen LogP contribution in [0.4, 0.5) is 0 Å². The lowest BCUT2D eigenvalue weighted by molar-refractivity contribution is -0.117. The third-order valence-corrected chi connectivity index (χ3v) is 3.41. The number of hydrogen-bond donors (Lipinski definition) is 0. The number of amides is 1. The van der Waals surface area contributed by atoms with E-state index in [2.05, 4.69) is 47.9 Å². The van der Waals surface area contributed by atoms with Crippen molar-refractivity contribution < 1.29 is 4.79 Å². The molecule has 0 saturated heterocycles. The van der Waals surface area contributed by atoms with Crippen LogP contribution >= 0.6 is 0 Å². The molecule has 1 amide bonds. The minimum atomic E-state index is -0.166. The van der Waals surface area contributed by atoms with Gasteiger partial charge in [0.2, 0.25) is 11.9 Å². The van der Waals surface area contributed by atoms with E-state index in [-0.39, 0.29) is 18.0 Å². The van der Waals surface area contributed by atoms with Gasteiger partial charge in [0.1, 0.15) is 5.52 Å². The zero-order chi connectivity index (χ0) is 16.3. The summed E-state index contributed by atoms with van der Waals surface area (Å²) in [5.41, 5.74) is 1.63. The standard InChI is InChI=1S/C16H23N5O/c1-6-15(22)17-16(20(11(2)3)12(4)5)21-14-10-8-7-9-13(14)18-19-21/h7-12H,6H2,1-5H3. The van der Waals surface area contributed by atoms with E-state index in [0.717, 1.165) is 11.0 Å². The van der Waals surface area contributed by atoms with Crippen LogP contribution in [0.25, 0.3) is 11.0 Å². The smallest absolute Gasteiger partial charge is 0.248 e. The molecule has 6 nitrogen and oxygen atoms in total. The largest absolute Gasteiger partial charge is 0.336 e. The lowest BCUT2D eigenvalue weighted by atomic mass is 10.2. The van der Waals surface area contributed by atoms with Gasteiger partial charge in [-0.25, -0.2) is 0 Å². The van der Waals surface area contributed by atoms with Crippen LogP contribution in [0.2, 0.25) is 0 Å². The van der Waals surface area contributed by atoms with E-state index >= 15 is 0 Å². The second kappa shape index (κ2) is 6.68. The van der Waals surface area contributed by atoms with Crippen LogP contribution in [0.3, 0.4) is 0 Å². The molecule has 0 bridgehead atoms. The Hall–Kier alpha value is -2.24. The molecule has 0 atom stereocenters. The van der Waals surface area contributed by atoms with Gasteiger partial charge in [-0.3, -0.25) is 4.79 Å². The zero-order valence-electron chi connectivity index (χ0n) is 13.8. The van der Waals surface area contributed by atoms with Crippen molar-refractivity contribution in [1.82, 2.24) is 19.9 Å². The summed E-state index contributed by atoms with van der Waals surface area (Å²) < 4.78 is 1.66. The molecule has 0 saturated carbocycles. The first-order valence-electron chi connectivity index (χ1n) is 7.66. The highest BCUT2D eigenvalue weighted by Gasteiger charge is 2.23. The summed E-state index contributed by atoms with van der Waals surface area (Å²) in [5, 5.41) is 8.38. The van der Waals surface area contributed by atoms with Crippen molar-refractivity contribution in [2.24, 2.45) is 4.99 Å². The van der Waals surface area contributed by atoms with Crippen molar-refractivity contribution in [3.8, 4) is 0 Å². The minimum absolute atomic E-state index is 0.166. The highest BCUT2D eigenvalue weighted by Crippen LogP contribution is 2.15. The SMILES string of the molecule is CCC(=O)N=C(N(C(C)C)C(C)C)n1nnc2ccccc21. The molecule has 2 aromatic rings. The van der Waals surface area contributed by atoms with Gasteiger partial charge in [0.15, 0.2) is 0 Å². The van der Waals surface area contributed by atoms with Gasteiger partial charge in [-0.15, -0.1) is 5.10 Å². The van der Waals surface area contributed by atoms with E-state index in [9.17, 15) is 4.79 Å². The van der Waals surface area contributed by atoms with E-state index < -0.39 is 0 Å². The van der Waals surface area contributed by atoms with Crippen molar-refractivity contribution in [2.45, 2.75) is 53.1 Å². The highest BCUT2D eigenvalue weighted by atomic mass is 16.1. The summed E-state index contributed by atoms with van der Waals surface area (Å²) in [6, 6.07) is 8.04. The predicted molar refractivity (Wildman–Crippen MR) is 87.8 cm³/mol. The van der Waals surface area contributed by atoms with Gasteiger partial charge in [0, 0.05) is 18.5 Å². The molecule has 0 aliphatic carbocycles. The van der Waals surface area contributed by atoms with Crippen LogP contribution in [-0.2, 0) is 4.79 Å². The molecule has 2 rings (SSSR count).